The molecule has 0 bridgehead atoms. The Bertz CT molecular complexity index is 1180. The van der Waals surface area contributed by atoms with E-state index in [0.717, 1.165) is 27.9 Å². The van der Waals surface area contributed by atoms with Crippen LogP contribution in [0.3, 0.4) is 0 Å². The van der Waals surface area contributed by atoms with Gasteiger partial charge >= 0.3 is 0 Å². The van der Waals surface area contributed by atoms with E-state index < -0.39 is 11.5 Å². The third-order valence-corrected chi connectivity index (χ3v) is 5.36. The van der Waals surface area contributed by atoms with E-state index in [1.54, 1.807) is 24.2 Å². The molecule has 30 heavy (non-hydrogen) atoms. The number of amides is 2. The third kappa shape index (κ3) is 3.71. The summed E-state index contributed by atoms with van der Waals surface area (Å²) < 4.78 is 5.89. The van der Waals surface area contributed by atoms with Crippen LogP contribution in [-0.4, -0.2) is 39.5 Å². The number of benzene rings is 1. The Morgan fingerprint density at radius 3 is 2.93 bits per heavy atom. The standard InChI is InChI=1S/C23H23N3O4/c1-14-17-6-4-5-7-18(17)30-19(14)13-26(3)20(27)9-8-15-10-16-11-23(2,29)22(28)25-21(16)24-12-15/h4-10,12,29H,11,13H2,1-3H3,(H,24,25,28)/b9-8+/t23-/m1/s1. The Morgan fingerprint density at radius 2 is 2.17 bits per heavy atom. The molecule has 0 saturated heterocycles. The van der Waals surface area contributed by atoms with Crippen LogP contribution in [0.4, 0.5) is 5.82 Å². The lowest BCUT2D eigenvalue weighted by atomic mass is 9.92. The Balaban J connectivity index is 1.47. The first kappa shape index (κ1) is 19.8. The minimum Gasteiger partial charge on any atom is -0.459 e. The SMILES string of the molecule is Cc1c(CN(C)C(=O)/C=C/c2cnc3c(c2)C[C@@](C)(O)C(=O)N3)oc2ccccc12. The molecule has 2 aromatic heterocycles. The molecule has 0 aliphatic carbocycles. The molecule has 2 N–H and O–H groups in total. The maximum Gasteiger partial charge on any atom is 0.257 e. The van der Waals surface area contributed by atoms with Crippen molar-refractivity contribution >= 4 is 34.7 Å². The highest BCUT2D eigenvalue weighted by atomic mass is 16.3. The topological polar surface area (TPSA) is 95.7 Å². The predicted octanol–water partition coefficient (Wildman–Crippen LogP) is 3.05. The number of nitrogens with one attached hydrogen (secondary N) is 1. The number of carbonyl (C=O) groups is 2. The summed E-state index contributed by atoms with van der Waals surface area (Å²) in [6, 6.07) is 9.61. The number of carbonyl (C=O) groups excluding carboxylic acids is 2. The number of likely N-dealkylation sites (N-methyl/N-ethyl adjacent to an activating group) is 1. The van der Waals surface area contributed by atoms with Crippen molar-refractivity contribution in [2.45, 2.75) is 32.4 Å². The van der Waals surface area contributed by atoms with Gasteiger partial charge in [-0.15, -0.1) is 0 Å². The van der Waals surface area contributed by atoms with Crippen LogP contribution in [0.1, 0.15) is 29.4 Å². The maximum absolute atomic E-state index is 12.6. The molecular formula is C23H23N3O4. The van der Waals surface area contributed by atoms with E-state index in [1.807, 2.05) is 37.3 Å². The highest BCUT2D eigenvalue weighted by molar-refractivity contribution is 5.99. The van der Waals surface area contributed by atoms with Crippen molar-refractivity contribution < 1.29 is 19.1 Å². The quantitative estimate of drug-likeness (QED) is 0.651. The molecule has 3 aromatic rings. The number of aryl methyl sites for hydroxylation is 1. The molecule has 4 rings (SSSR count). The van der Waals surface area contributed by atoms with Gasteiger partial charge in [-0.1, -0.05) is 18.2 Å². The van der Waals surface area contributed by atoms with Gasteiger partial charge in [0.2, 0.25) is 5.91 Å². The van der Waals surface area contributed by atoms with Gasteiger partial charge in [0.15, 0.2) is 0 Å². The smallest absolute Gasteiger partial charge is 0.257 e. The van der Waals surface area contributed by atoms with Gasteiger partial charge < -0.3 is 19.7 Å². The molecule has 0 unspecified atom stereocenters. The number of pyridine rings is 1. The zero-order valence-corrected chi connectivity index (χ0v) is 17.1. The fourth-order valence-electron chi connectivity index (χ4n) is 3.52. The molecule has 0 spiro atoms. The van der Waals surface area contributed by atoms with Crippen molar-refractivity contribution in [2.75, 3.05) is 12.4 Å². The van der Waals surface area contributed by atoms with Crippen molar-refractivity contribution in [3.8, 4) is 0 Å². The molecule has 7 nitrogen and oxygen atoms in total. The van der Waals surface area contributed by atoms with Crippen LogP contribution in [0, 0.1) is 6.92 Å². The number of fused-ring (bicyclic) bond motifs is 2. The highest BCUT2D eigenvalue weighted by Gasteiger charge is 2.36. The number of hydrogen-bond acceptors (Lipinski definition) is 5. The number of aliphatic hydroxyl groups is 1. The Morgan fingerprint density at radius 1 is 1.40 bits per heavy atom. The van der Waals surface area contributed by atoms with Crippen molar-refractivity contribution in [1.82, 2.24) is 9.88 Å². The molecule has 1 aliphatic heterocycles. The number of nitrogens with zero attached hydrogens (tertiary/aromatic N) is 2. The van der Waals surface area contributed by atoms with Crippen LogP contribution in [0.2, 0.25) is 0 Å². The van der Waals surface area contributed by atoms with Crippen LogP contribution < -0.4 is 5.32 Å². The van der Waals surface area contributed by atoms with Gasteiger partial charge in [-0.2, -0.15) is 0 Å². The van der Waals surface area contributed by atoms with Crippen LogP contribution in [0.15, 0.2) is 47.0 Å². The van der Waals surface area contributed by atoms with Crippen LogP contribution in [-0.2, 0) is 22.6 Å². The lowest BCUT2D eigenvalue weighted by Gasteiger charge is -2.28. The molecule has 2 amide bonds. The van der Waals surface area contributed by atoms with Crippen LogP contribution >= 0.6 is 0 Å². The monoisotopic (exact) mass is 405 g/mol. The number of hydrogen-bond donors (Lipinski definition) is 2. The molecule has 1 atom stereocenters. The summed E-state index contributed by atoms with van der Waals surface area (Å²) in [6.07, 6.45) is 4.89. The fraction of sp³-hybridized carbons (Fsp3) is 0.261. The third-order valence-electron chi connectivity index (χ3n) is 5.36. The summed E-state index contributed by atoms with van der Waals surface area (Å²) in [5, 5.41) is 13.8. The molecule has 0 radical (unpaired) electrons. The van der Waals surface area contributed by atoms with E-state index >= 15 is 0 Å². The number of furan rings is 1. The van der Waals surface area contributed by atoms with Crippen LogP contribution in [0.5, 0.6) is 0 Å². The van der Waals surface area contributed by atoms with E-state index in [9.17, 15) is 14.7 Å². The zero-order valence-electron chi connectivity index (χ0n) is 17.1. The van der Waals surface area contributed by atoms with Gasteiger partial charge in [-0.25, -0.2) is 4.98 Å². The van der Waals surface area contributed by atoms with E-state index in [-0.39, 0.29) is 12.3 Å². The van der Waals surface area contributed by atoms with E-state index in [2.05, 4.69) is 10.3 Å². The molecule has 154 valence electrons. The van der Waals surface area contributed by atoms with Gasteiger partial charge in [0.05, 0.1) is 6.54 Å². The molecule has 1 aliphatic rings. The Labute approximate surface area is 174 Å². The van der Waals surface area contributed by atoms with Crippen molar-refractivity contribution in [3.05, 3.63) is 65.1 Å². The van der Waals surface area contributed by atoms with Crippen LogP contribution in [0.25, 0.3) is 17.0 Å². The number of aromatic nitrogens is 1. The first-order valence-electron chi connectivity index (χ1n) is 9.67. The Hall–Kier alpha value is -3.45. The second-order valence-electron chi connectivity index (χ2n) is 7.86. The van der Waals surface area contributed by atoms with Gasteiger partial charge in [-0.05, 0) is 43.2 Å². The van der Waals surface area contributed by atoms with Crippen molar-refractivity contribution in [1.29, 1.82) is 0 Å². The minimum absolute atomic E-state index is 0.169. The first-order chi connectivity index (χ1) is 14.2. The molecule has 3 heterocycles. The van der Waals surface area contributed by atoms with Gasteiger partial charge in [-0.3, -0.25) is 9.59 Å². The average molecular weight is 405 g/mol. The molecule has 0 saturated carbocycles. The minimum atomic E-state index is -1.47. The van der Waals surface area contributed by atoms with Crippen molar-refractivity contribution in [2.24, 2.45) is 0 Å². The van der Waals surface area contributed by atoms with Gasteiger partial charge in [0.1, 0.15) is 22.8 Å². The summed E-state index contributed by atoms with van der Waals surface area (Å²) in [7, 11) is 1.72. The molecule has 0 fully saturated rings. The van der Waals surface area contributed by atoms with Gasteiger partial charge in [0.25, 0.3) is 5.91 Å². The van der Waals surface area contributed by atoms with Crippen molar-refractivity contribution in [3.63, 3.8) is 0 Å². The Kier molecular flexibility index (Phi) is 4.91. The highest BCUT2D eigenvalue weighted by Crippen LogP contribution is 2.27. The molecule has 1 aromatic carbocycles. The summed E-state index contributed by atoms with van der Waals surface area (Å²) >= 11 is 0. The lowest BCUT2D eigenvalue weighted by molar-refractivity contribution is -0.132. The number of anilines is 1. The summed E-state index contributed by atoms with van der Waals surface area (Å²) in [5.41, 5.74) is 1.80. The maximum atomic E-state index is 12.6. The zero-order chi connectivity index (χ0) is 21.5. The second-order valence-corrected chi connectivity index (χ2v) is 7.86. The molecule has 7 heteroatoms. The largest absolute Gasteiger partial charge is 0.459 e. The summed E-state index contributed by atoms with van der Waals surface area (Å²) in [6.45, 7) is 3.81. The van der Waals surface area contributed by atoms with E-state index in [0.29, 0.717) is 17.9 Å². The summed E-state index contributed by atoms with van der Waals surface area (Å²) in [4.78, 5) is 30.2. The fourth-order valence-corrected chi connectivity index (χ4v) is 3.52. The van der Waals surface area contributed by atoms with Gasteiger partial charge in [0, 0.05) is 36.7 Å². The average Bonchev–Trinajstić information content (AvgIpc) is 3.02. The van der Waals surface area contributed by atoms with E-state index in [1.165, 1.54) is 13.0 Å². The molecular weight excluding hydrogens is 382 g/mol. The normalized spacial score (nSPS) is 18.5. The lowest BCUT2D eigenvalue weighted by Crippen LogP contribution is -2.45. The predicted molar refractivity (Wildman–Crippen MR) is 114 cm³/mol. The van der Waals surface area contributed by atoms with E-state index in [4.69, 9.17) is 4.42 Å². The second kappa shape index (κ2) is 7.42. The number of para-hydroxylation sites is 1. The summed E-state index contributed by atoms with van der Waals surface area (Å²) in [5.74, 6) is 0.553. The first-order valence-corrected chi connectivity index (χ1v) is 9.67. The number of rotatable bonds is 4.